The number of sulfone groups is 1. The maximum absolute atomic E-state index is 11.4. The third kappa shape index (κ3) is 2.70. The highest BCUT2D eigenvalue weighted by Crippen LogP contribution is 2.17. The highest BCUT2D eigenvalue weighted by Gasteiger charge is 2.31. The van der Waals surface area contributed by atoms with E-state index >= 15 is 0 Å². The van der Waals surface area contributed by atoms with Crippen molar-refractivity contribution in [2.24, 2.45) is 0 Å². The summed E-state index contributed by atoms with van der Waals surface area (Å²) in [6, 6.07) is 0. The minimum Gasteiger partial charge on any atom is -0.341 e. The molecule has 0 aromatic heterocycles. The van der Waals surface area contributed by atoms with E-state index in [9.17, 15) is 13.2 Å². The van der Waals surface area contributed by atoms with E-state index in [1.165, 1.54) is 6.26 Å². The van der Waals surface area contributed by atoms with E-state index in [0.29, 0.717) is 25.9 Å². The second-order valence-electron chi connectivity index (χ2n) is 3.83. The number of likely N-dealkylation sites (tertiary alicyclic amines) is 1. The first kappa shape index (κ1) is 11.5. The molecule has 0 bridgehead atoms. The zero-order valence-electron chi connectivity index (χ0n) is 8.69. The van der Waals surface area contributed by atoms with E-state index in [2.05, 4.69) is 0 Å². The maximum Gasteiger partial charge on any atom is 0.222 e. The first-order valence-corrected chi connectivity index (χ1v) is 6.87. The fourth-order valence-electron chi connectivity index (χ4n) is 1.68. The second kappa shape index (κ2) is 4.29. The summed E-state index contributed by atoms with van der Waals surface area (Å²) < 4.78 is 22.4. The molecule has 5 heteroatoms. The molecule has 0 N–H and O–H groups in total. The standard InChI is InChI=1S/C9H17NO3S/c1-3-4-9(11)10-6-5-8(7-10)14(2,12)13/h8H,3-7H2,1-2H3. The van der Waals surface area contributed by atoms with Crippen molar-refractivity contribution in [3.63, 3.8) is 0 Å². The molecule has 1 fully saturated rings. The Balaban J connectivity index is 2.54. The van der Waals surface area contributed by atoms with Gasteiger partial charge in [0.1, 0.15) is 0 Å². The van der Waals surface area contributed by atoms with Gasteiger partial charge >= 0.3 is 0 Å². The minimum absolute atomic E-state index is 0.0821. The SMILES string of the molecule is CCCC(=O)N1CCC(S(C)(=O)=O)C1. The van der Waals surface area contributed by atoms with Gasteiger partial charge in [-0.05, 0) is 12.8 Å². The van der Waals surface area contributed by atoms with Crippen LogP contribution in [0.3, 0.4) is 0 Å². The van der Waals surface area contributed by atoms with Gasteiger partial charge in [-0.15, -0.1) is 0 Å². The molecule has 0 aromatic rings. The van der Waals surface area contributed by atoms with E-state index in [4.69, 9.17) is 0 Å². The van der Waals surface area contributed by atoms with Crippen molar-refractivity contribution in [1.29, 1.82) is 0 Å². The topological polar surface area (TPSA) is 54.5 Å². The van der Waals surface area contributed by atoms with Gasteiger partial charge in [-0.3, -0.25) is 4.79 Å². The van der Waals surface area contributed by atoms with Crippen LogP contribution in [0.25, 0.3) is 0 Å². The lowest BCUT2D eigenvalue weighted by molar-refractivity contribution is -0.130. The van der Waals surface area contributed by atoms with Crippen LogP contribution in [0.15, 0.2) is 0 Å². The van der Waals surface area contributed by atoms with Crippen molar-refractivity contribution in [2.45, 2.75) is 31.4 Å². The van der Waals surface area contributed by atoms with Crippen molar-refractivity contribution >= 4 is 15.7 Å². The predicted molar refractivity (Wildman–Crippen MR) is 54.7 cm³/mol. The maximum atomic E-state index is 11.4. The molecule has 0 aliphatic carbocycles. The smallest absolute Gasteiger partial charge is 0.222 e. The summed E-state index contributed by atoms with van der Waals surface area (Å²) in [4.78, 5) is 13.1. The molecule has 1 rings (SSSR count). The van der Waals surface area contributed by atoms with Crippen molar-refractivity contribution in [3.05, 3.63) is 0 Å². The summed E-state index contributed by atoms with van der Waals surface area (Å²) in [5.41, 5.74) is 0. The van der Waals surface area contributed by atoms with Gasteiger partial charge in [0.2, 0.25) is 5.91 Å². The molecule has 14 heavy (non-hydrogen) atoms. The zero-order valence-corrected chi connectivity index (χ0v) is 9.51. The molecule has 0 aromatic carbocycles. The Bertz CT molecular complexity index is 310. The van der Waals surface area contributed by atoms with Crippen LogP contribution in [-0.2, 0) is 14.6 Å². The third-order valence-corrected chi connectivity index (χ3v) is 4.16. The molecule has 1 heterocycles. The Morgan fingerprint density at radius 2 is 2.14 bits per heavy atom. The fourth-order valence-corrected chi connectivity index (χ4v) is 2.66. The Hall–Kier alpha value is -0.580. The lowest BCUT2D eigenvalue weighted by atomic mass is 10.3. The van der Waals surface area contributed by atoms with Crippen LogP contribution < -0.4 is 0 Å². The number of hydrogen-bond acceptors (Lipinski definition) is 3. The fraction of sp³-hybridized carbons (Fsp3) is 0.889. The van der Waals surface area contributed by atoms with Gasteiger partial charge in [0, 0.05) is 25.8 Å². The molecule has 1 aliphatic heterocycles. The van der Waals surface area contributed by atoms with E-state index in [1.54, 1.807) is 4.90 Å². The normalized spacial score (nSPS) is 22.7. The minimum atomic E-state index is -2.98. The molecule has 1 aliphatic rings. The predicted octanol–water partition coefficient (Wildman–Crippen LogP) is 0.432. The summed E-state index contributed by atoms with van der Waals surface area (Å²) in [5, 5.41) is -0.344. The lowest BCUT2D eigenvalue weighted by Gasteiger charge is -2.15. The molecule has 0 saturated carbocycles. The third-order valence-electron chi connectivity index (χ3n) is 2.57. The Kier molecular flexibility index (Phi) is 3.53. The summed E-state index contributed by atoms with van der Waals surface area (Å²) >= 11 is 0. The van der Waals surface area contributed by atoms with Gasteiger partial charge in [-0.1, -0.05) is 6.92 Å². The van der Waals surface area contributed by atoms with Crippen molar-refractivity contribution in [3.8, 4) is 0 Å². The van der Waals surface area contributed by atoms with Crippen LogP contribution in [0.4, 0.5) is 0 Å². The Labute approximate surface area is 85.2 Å². The van der Waals surface area contributed by atoms with E-state index in [0.717, 1.165) is 6.42 Å². The molecule has 4 nitrogen and oxygen atoms in total. The van der Waals surface area contributed by atoms with Crippen LogP contribution >= 0.6 is 0 Å². The first-order chi connectivity index (χ1) is 6.45. The molecule has 1 saturated heterocycles. The number of carbonyl (C=O) groups excluding carboxylic acids is 1. The van der Waals surface area contributed by atoms with E-state index < -0.39 is 9.84 Å². The monoisotopic (exact) mass is 219 g/mol. The molecule has 82 valence electrons. The second-order valence-corrected chi connectivity index (χ2v) is 6.16. The van der Waals surface area contributed by atoms with Crippen molar-refractivity contribution in [2.75, 3.05) is 19.3 Å². The molecular formula is C9H17NO3S. The number of nitrogens with zero attached hydrogens (tertiary/aromatic N) is 1. The summed E-state index contributed by atoms with van der Waals surface area (Å²) in [5.74, 6) is 0.0821. The van der Waals surface area contributed by atoms with Gasteiger partial charge in [0.05, 0.1) is 5.25 Å². The molecular weight excluding hydrogens is 202 g/mol. The molecule has 1 amide bonds. The average molecular weight is 219 g/mol. The van der Waals surface area contributed by atoms with Crippen LogP contribution in [0.1, 0.15) is 26.2 Å². The average Bonchev–Trinajstić information content (AvgIpc) is 2.51. The van der Waals surface area contributed by atoms with Gasteiger partial charge in [-0.25, -0.2) is 8.42 Å². The molecule has 1 unspecified atom stereocenters. The summed E-state index contributed by atoms with van der Waals surface area (Å²) in [6.45, 7) is 2.93. The first-order valence-electron chi connectivity index (χ1n) is 4.91. The Morgan fingerprint density at radius 3 is 2.57 bits per heavy atom. The van der Waals surface area contributed by atoms with Gasteiger partial charge < -0.3 is 4.90 Å². The highest BCUT2D eigenvalue weighted by molar-refractivity contribution is 7.91. The number of rotatable bonds is 3. The van der Waals surface area contributed by atoms with Crippen LogP contribution in [0.2, 0.25) is 0 Å². The van der Waals surface area contributed by atoms with Crippen molar-refractivity contribution < 1.29 is 13.2 Å². The van der Waals surface area contributed by atoms with Crippen molar-refractivity contribution in [1.82, 2.24) is 4.90 Å². The van der Waals surface area contributed by atoms with Gasteiger partial charge in [-0.2, -0.15) is 0 Å². The quantitative estimate of drug-likeness (QED) is 0.691. The van der Waals surface area contributed by atoms with Crippen LogP contribution in [-0.4, -0.2) is 43.8 Å². The molecule has 1 atom stereocenters. The summed E-state index contributed by atoms with van der Waals surface area (Å²) in [7, 11) is -2.98. The van der Waals surface area contributed by atoms with Gasteiger partial charge in [0.15, 0.2) is 9.84 Å². The Morgan fingerprint density at radius 1 is 1.50 bits per heavy atom. The van der Waals surface area contributed by atoms with Crippen LogP contribution in [0, 0.1) is 0 Å². The largest absolute Gasteiger partial charge is 0.341 e. The number of hydrogen-bond donors (Lipinski definition) is 0. The number of amides is 1. The van der Waals surface area contributed by atoms with E-state index in [-0.39, 0.29) is 11.2 Å². The number of carbonyl (C=O) groups is 1. The van der Waals surface area contributed by atoms with E-state index in [1.807, 2.05) is 6.92 Å². The van der Waals surface area contributed by atoms with Crippen LogP contribution in [0.5, 0.6) is 0 Å². The highest BCUT2D eigenvalue weighted by atomic mass is 32.2. The molecule has 0 spiro atoms. The molecule has 0 radical (unpaired) electrons. The summed E-state index contributed by atoms with van der Waals surface area (Å²) in [6.07, 6.45) is 3.18. The zero-order chi connectivity index (χ0) is 10.8. The van der Waals surface area contributed by atoms with Gasteiger partial charge in [0.25, 0.3) is 0 Å². The lowest BCUT2D eigenvalue weighted by Crippen LogP contribution is -2.31.